The van der Waals surface area contributed by atoms with Gasteiger partial charge >= 0.3 is 0 Å². The summed E-state index contributed by atoms with van der Waals surface area (Å²) in [4.78, 5) is 25.8. The molecular weight excluding hydrogens is 284 g/mol. The predicted octanol–water partition coefficient (Wildman–Crippen LogP) is 2.05. The monoisotopic (exact) mass is 306 g/mol. The van der Waals surface area contributed by atoms with E-state index in [9.17, 15) is 9.59 Å². The van der Waals surface area contributed by atoms with Gasteiger partial charge in [-0.3, -0.25) is 9.59 Å². The van der Waals surface area contributed by atoms with Crippen molar-refractivity contribution in [1.82, 2.24) is 10.2 Å². The van der Waals surface area contributed by atoms with Gasteiger partial charge in [0.15, 0.2) is 0 Å². The first-order chi connectivity index (χ1) is 10.3. The van der Waals surface area contributed by atoms with Crippen LogP contribution in [0.1, 0.15) is 24.8 Å². The van der Waals surface area contributed by atoms with Gasteiger partial charge in [0, 0.05) is 44.0 Å². The van der Waals surface area contributed by atoms with E-state index in [4.69, 9.17) is 0 Å². The second kappa shape index (κ2) is 8.72. The minimum absolute atomic E-state index is 0.115. The summed E-state index contributed by atoms with van der Waals surface area (Å²) >= 11 is 1.68. The van der Waals surface area contributed by atoms with Crippen LogP contribution in [0.5, 0.6) is 0 Å². The van der Waals surface area contributed by atoms with Crippen LogP contribution in [0.15, 0.2) is 30.3 Å². The number of rotatable bonds is 2. The number of carbonyl (C=O) groups is 2. The van der Waals surface area contributed by atoms with E-state index >= 15 is 0 Å². The number of carbonyl (C=O) groups excluding carboxylic acids is 2. The van der Waals surface area contributed by atoms with E-state index in [0.29, 0.717) is 32.5 Å². The number of hydrogen-bond donors (Lipinski definition) is 1. The predicted molar refractivity (Wildman–Crippen MR) is 86.0 cm³/mol. The van der Waals surface area contributed by atoms with Crippen LogP contribution in [-0.2, 0) is 16.1 Å². The summed E-state index contributed by atoms with van der Waals surface area (Å²) in [6.07, 6.45) is 1.91. The van der Waals surface area contributed by atoms with Crippen LogP contribution in [0.3, 0.4) is 0 Å². The van der Waals surface area contributed by atoms with Gasteiger partial charge in [0.25, 0.3) is 0 Å². The molecule has 1 saturated heterocycles. The van der Waals surface area contributed by atoms with Crippen LogP contribution in [0, 0.1) is 0 Å². The van der Waals surface area contributed by atoms with Crippen LogP contribution < -0.4 is 5.32 Å². The smallest absolute Gasteiger partial charge is 0.223 e. The van der Waals surface area contributed by atoms with Crippen molar-refractivity contribution < 1.29 is 9.59 Å². The molecule has 1 fully saturated rings. The van der Waals surface area contributed by atoms with Crippen LogP contribution in [0.2, 0.25) is 0 Å². The van der Waals surface area contributed by atoms with Crippen molar-refractivity contribution >= 4 is 23.6 Å². The normalized spacial score (nSPS) is 18.6. The number of benzene rings is 1. The number of hydrogen-bond acceptors (Lipinski definition) is 3. The molecule has 5 heteroatoms. The first-order valence-electron chi connectivity index (χ1n) is 7.42. The zero-order chi connectivity index (χ0) is 14.9. The van der Waals surface area contributed by atoms with E-state index in [-0.39, 0.29) is 11.8 Å². The van der Waals surface area contributed by atoms with E-state index in [1.165, 1.54) is 0 Å². The molecule has 2 rings (SSSR count). The molecular formula is C16H22N2O2S. The first kappa shape index (κ1) is 15.9. The Balaban J connectivity index is 1.95. The number of nitrogens with zero attached hydrogens (tertiary/aromatic N) is 1. The molecule has 4 nitrogen and oxygen atoms in total. The highest BCUT2D eigenvalue weighted by atomic mass is 32.2. The van der Waals surface area contributed by atoms with Crippen molar-refractivity contribution in [2.24, 2.45) is 0 Å². The summed E-state index contributed by atoms with van der Waals surface area (Å²) < 4.78 is 0. The highest BCUT2D eigenvalue weighted by molar-refractivity contribution is 7.99. The number of thioether (sulfide) groups is 1. The molecule has 0 atom stereocenters. The van der Waals surface area contributed by atoms with E-state index in [1.54, 1.807) is 11.8 Å². The minimum atomic E-state index is 0.115. The highest BCUT2D eigenvalue weighted by Gasteiger charge is 2.14. The molecule has 0 saturated carbocycles. The largest absolute Gasteiger partial charge is 0.356 e. The SMILES string of the molecule is O=C1CCSCCC(=O)N(Cc2ccccc2)CCCN1. The van der Waals surface area contributed by atoms with Crippen molar-refractivity contribution in [2.75, 3.05) is 24.6 Å². The topological polar surface area (TPSA) is 49.4 Å². The Morgan fingerprint density at radius 1 is 1.10 bits per heavy atom. The van der Waals surface area contributed by atoms with Gasteiger partial charge in [-0.2, -0.15) is 11.8 Å². The molecule has 1 aliphatic rings. The molecule has 1 aromatic rings. The van der Waals surface area contributed by atoms with Crippen molar-refractivity contribution in [3.8, 4) is 0 Å². The van der Waals surface area contributed by atoms with Crippen LogP contribution in [0.25, 0.3) is 0 Å². The van der Waals surface area contributed by atoms with Crippen LogP contribution in [0.4, 0.5) is 0 Å². The lowest BCUT2D eigenvalue weighted by molar-refractivity contribution is -0.131. The third-order valence-corrected chi connectivity index (χ3v) is 4.42. The summed E-state index contributed by atoms with van der Waals surface area (Å²) in [6.45, 7) is 1.99. The van der Waals surface area contributed by atoms with E-state index in [0.717, 1.165) is 23.5 Å². The molecule has 1 N–H and O–H groups in total. The maximum atomic E-state index is 12.3. The highest BCUT2D eigenvalue weighted by Crippen LogP contribution is 2.11. The Hall–Kier alpha value is -1.49. The second-order valence-corrected chi connectivity index (χ2v) is 6.34. The molecule has 114 valence electrons. The molecule has 2 amide bonds. The number of nitrogens with one attached hydrogen (secondary N) is 1. The molecule has 0 bridgehead atoms. The van der Waals surface area contributed by atoms with Gasteiger partial charge < -0.3 is 10.2 Å². The zero-order valence-corrected chi connectivity index (χ0v) is 13.0. The van der Waals surface area contributed by atoms with Crippen molar-refractivity contribution in [3.05, 3.63) is 35.9 Å². The van der Waals surface area contributed by atoms with Gasteiger partial charge in [-0.15, -0.1) is 0 Å². The van der Waals surface area contributed by atoms with Crippen molar-refractivity contribution in [3.63, 3.8) is 0 Å². The number of amides is 2. The first-order valence-corrected chi connectivity index (χ1v) is 8.57. The van der Waals surface area contributed by atoms with Crippen molar-refractivity contribution in [2.45, 2.75) is 25.8 Å². The fourth-order valence-electron chi connectivity index (χ4n) is 2.27. The lowest BCUT2D eigenvalue weighted by Gasteiger charge is -2.23. The summed E-state index contributed by atoms with van der Waals surface area (Å²) in [7, 11) is 0. The molecule has 1 heterocycles. The third kappa shape index (κ3) is 5.79. The lowest BCUT2D eigenvalue weighted by atomic mass is 10.2. The molecule has 0 aliphatic carbocycles. The average molecular weight is 306 g/mol. The fraction of sp³-hybridized carbons (Fsp3) is 0.500. The maximum absolute atomic E-state index is 12.3. The maximum Gasteiger partial charge on any atom is 0.223 e. The van der Waals surface area contributed by atoms with Crippen molar-refractivity contribution in [1.29, 1.82) is 0 Å². The molecule has 21 heavy (non-hydrogen) atoms. The van der Waals surface area contributed by atoms with E-state index in [1.807, 2.05) is 35.2 Å². The molecule has 0 spiro atoms. The Kier molecular flexibility index (Phi) is 6.60. The van der Waals surface area contributed by atoms with Gasteiger partial charge in [0.2, 0.25) is 11.8 Å². The Bertz CT molecular complexity index is 465. The quantitative estimate of drug-likeness (QED) is 0.910. The van der Waals surface area contributed by atoms with Crippen LogP contribution >= 0.6 is 11.8 Å². The Morgan fingerprint density at radius 2 is 1.86 bits per heavy atom. The second-order valence-electron chi connectivity index (χ2n) is 5.12. The molecule has 1 aliphatic heterocycles. The van der Waals surface area contributed by atoms with Gasteiger partial charge in [-0.25, -0.2) is 0 Å². The zero-order valence-electron chi connectivity index (χ0n) is 12.2. The lowest BCUT2D eigenvalue weighted by Crippen LogP contribution is -2.34. The Morgan fingerprint density at radius 3 is 2.67 bits per heavy atom. The summed E-state index contributed by atoms with van der Waals surface area (Å²) in [5.41, 5.74) is 1.15. The van der Waals surface area contributed by atoms with E-state index in [2.05, 4.69) is 5.32 Å². The Labute approximate surface area is 130 Å². The molecule has 1 aromatic carbocycles. The van der Waals surface area contributed by atoms with E-state index < -0.39 is 0 Å². The summed E-state index contributed by atoms with van der Waals surface area (Å²) in [5.74, 6) is 1.90. The van der Waals surface area contributed by atoms with Gasteiger partial charge in [-0.05, 0) is 12.0 Å². The van der Waals surface area contributed by atoms with Crippen LogP contribution in [-0.4, -0.2) is 41.3 Å². The van der Waals surface area contributed by atoms with Gasteiger partial charge in [0.1, 0.15) is 0 Å². The molecule has 0 radical (unpaired) electrons. The molecule has 0 aromatic heterocycles. The summed E-state index contributed by atoms with van der Waals surface area (Å²) in [6, 6.07) is 10.0. The van der Waals surface area contributed by atoms with Gasteiger partial charge in [-0.1, -0.05) is 30.3 Å². The summed E-state index contributed by atoms with van der Waals surface area (Å²) in [5, 5.41) is 2.91. The van der Waals surface area contributed by atoms with Gasteiger partial charge in [0.05, 0.1) is 0 Å². The fourth-order valence-corrected chi connectivity index (χ4v) is 3.12. The molecule has 0 unspecified atom stereocenters. The average Bonchev–Trinajstić information content (AvgIpc) is 2.49. The third-order valence-electron chi connectivity index (χ3n) is 3.43. The minimum Gasteiger partial charge on any atom is -0.356 e. The standard InChI is InChI=1S/C16H22N2O2S/c19-15-7-11-21-12-8-16(20)18(10-4-9-17-15)13-14-5-2-1-3-6-14/h1-3,5-6H,4,7-13H2,(H,17,19).